The fraction of sp³-hybridized carbons (Fsp3) is 0.333. The molecule has 2 N–H and O–H groups in total. The Kier molecular flexibility index (Phi) is 6.76. The largest absolute Gasteiger partial charge is 0.417 e. The third-order valence-electron chi connectivity index (χ3n) is 4.26. The van der Waals surface area contributed by atoms with Crippen LogP contribution in [0.5, 0.6) is 0 Å². The summed E-state index contributed by atoms with van der Waals surface area (Å²) in [6, 6.07) is 10.8. The van der Waals surface area contributed by atoms with Gasteiger partial charge in [-0.3, -0.25) is 4.79 Å². The minimum absolute atomic E-state index is 0.0762. The van der Waals surface area contributed by atoms with Gasteiger partial charge in [0.1, 0.15) is 0 Å². The van der Waals surface area contributed by atoms with Gasteiger partial charge in [-0.2, -0.15) is 13.2 Å². The van der Waals surface area contributed by atoms with Gasteiger partial charge in [0.2, 0.25) is 15.7 Å². The van der Waals surface area contributed by atoms with Crippen LogP contribution in [0.25, 0.3) is 0 Å². The Morgan fingerprint density at radius 1 is 1.14 bits per heavy atom. The zero-order chi connectivity index (χ0) is 21.0. The van der Waals surface area contributed by atoms with Gasteiger partial charge in [-0.05, 0) is 49.8 Å². The van der Waals surface area contributed by atoms with Crippen molar-refractivity contribution < 1.29 is 26.4 Å². The van der Waals surface area contributed by atoms with Gasteiger partial charge < -0.3 is 5.73 Å². The normalized spacial score (nSPS) is 14.4. The van der Waals surface area contributed by atoms with Gasteiger partial charge in [0.25, 0.3) is 0 Å². The van der Waals surface area contributed by atoms with E-state index in [-0.39, 0.29) is 6.42 Å². The van der Waals surface area contributed by atoms with E-state index in [4.69, 9.17) is 5.73 Å². The summed E-state index contributed by atoms with van der Waals surface area (Å²) in [7, 11) is -4.37. The van der Waals surface area contributed by atoms with Crippen LogP contribution in [0.1, 0.15) is 25.3 Å². The smallest absolute Gasteiger partial charge is 0.368 e. The molecule has 1 unspecified atom stereocenters. The first-order valence-corrected chi connectivity index (χ1v) is 10.7. The zero-order valence-electron chi connectivity index (χ0n) is 14.9. The van der Waals surface area contributed by atoms with E-state index in [2.05, 4.69) is 4.98 Å². The highest BCUT2D eigenvalue weighted by atomic mass is 32.2. The summed E-state index contributed by atoms with van der Waals surface area (Å²) in [5.41, 5.74) is 4.28. The van der Waals surface area contributed by atoms with Crippen LogP contribution < -0.4 is 5.73 Å². The highest BCUT2D eigenvalue weighted by Gasteiger charge is 2.46. The molecule has 1 heterocycles. The average molecular weight is 432 g/mol. The minimum Gasteiger partial charge on any atom is -0.368 e. The number of hydrogen-bond acceptors (Lipinski definition) is 5. The quantitative estimate of drug-likeness (QED) is 0.508. The summed E-state index contributed by atoms with van der Waals surface area (Å²) >= 11 is 1.50. The van der Waals surface area contributed by atoms with Crippen LogP contribution in [0.3, 0.4) is 0 Å². The van der Waals surface area contributed by atoms with Crippen molar-refractivity contribution in [2.45, 2.75) is 40.6 Å². The second kappa shape index (κ2) is 8.52. The van der Waals surface area contributed by atoms with Crippen LogP contribution >= 0.6 is 11.8 Å². The number of aromatic nitrogens is 1. The van der Waals surface area contributed by atoms with Gasteiger partial charge in [-0.1, -0.05) is 18.2 Å². The number of pyridine rings is 1. The molecule has 2 aromatic rings. The Labute approximate surface area is 165 Å². The fourth-order valence-electron chi connectivity index (χ4n) is 2.44. The first kappa shape index (κ1) is 22.2. The lowest BCUT2D eigenvalue weighted by Gasteiger charge is -2.25. The number of amides is 1. The summed E-state index contributed by atoms with van der Waals surface area (Å²) in [6.07, 6.45) is -3.93. The van der Waals surface area contributed by atoms with Crippen molar-refractivity contribution in [3.05, 3.63) is 54.2 Å². The second-order valence-corrected chi connectivity index (χ2v) is 9.74. The predicted octanol–water partition coefficient (Wildman–Crippen LogP) is 3.69. The summed E-state index contributed by atoms with van der Waals surface area (Å²) in [5, 5.41) is -0.613. The van der Waals surface area contributed by atoms with Gasteiger partial charge in [-0.25, -0.2) is 13.4 Å². The van der Waals surface area contributed by atoms with Crippen LogP contribution in [-0.2, 0) is 20.8 Å². The highest BCUT2D eigenvalue weighted by molar-refractivity contribution is 7.99. The van der Waals surface area contributed by atoms with Crippen LogP contribution in [0, 0.1) is 0 Å². The van der Waals surface area contributed by atoms with Crippen molar-refractivity contribution in [3.63, 3.8) is 0 Å². The monoisotopic (exact) mass is 432 g/mol. The highest BCUT2D eigenvalue weighted by Crippen LogP contribution is 2.33. The van der Waals surface area contributed by atoms with Crippen molar-refractivity contribution >= 4 is 27.5 Å². The van der Waals surface area contributed by atoms with Crippen molar-refractivity contribution in [3.8, 4) is 0 Å². The first-order chi connectivity index (χ1) is 13.0. The molecule has 28 heavy (non-hydrogen) atoms. The van der Waals surface area contributed by atoms with Crippen LogP contribution in [0.15, 0.2) is 58.6 Å². The van der Waals surface area contributed by atoms with Gasteiger partial charge >= 0.3 is 6.18 Å². The van der Waals surface area contributed by atoms with Gasteiger partial charge in [0.15, 0.2) is 9.77 Å². The lowest BCUT2D eigenvalue weighted by Crippen LogP contribution is -2.48. The summed E-state index contributed by atoms with van der Waals surface area (Å²) < 4.78 is 61.7. The third-order valence-corrected chi connectivity index (χ3v) is 7.75. The Bertz CT molecular complexity index is 917. The maximum absolute atomic E-state index is 12.9. The topological polar surface area (TPSA) is 90.1 Å². The lowest BCUT2D eigenvalue weighted by molar-refractivity contribution is -0.137. The Hall–Kier alpha value is -2.07. The number of thioether (sulfide) groups is 1. The number of rotatable bonds is 8. The number of alkyl halides is 3. The number of carbonyl (C=O) groups excluding carboxylic acids is 1. The van der Waals surface area contributed by atoms with Crippen LogP contribution in [-0.4, -0.2) is 29.8 Å². The molecular formula is C18H19F3N2O3S2. The van der Waals surface area contributed by atoms with Crippen molar-refractivity contribution in [1.29, 1.82) is 0 Å². The first-order valence-electron chi connectivity index (χ1n) is 8.24. The molecule has 5 nitrogen and oxygen atoms in total. The molecule has 2 rings (SSSR count). The maximum Gasteiger partial charge on any atom is 0.417 e. The lowest BCUT2D eigenvalue weighted by atomic mass is 10.1. The van der Waals surface area contributed by atoms with Gasteiger partial charge in [0.05, 0.1) is 5.56 Å². The zero-order valence-corrected chi connectivity index (χ0v) is 16.6. The molecular weight excluding hydrogens is 413 g/mol. The second-order valence-electron chi connectivity index (χ2n) is 6.25. The summed E-state index contributed by atoms with van der Waals surface area (Å²) in [5.74, 6) is -0.526. The predicted molar refractivity (Wildman–Crippen MR) is 100 cm³/mol. The fourth-order valence-corrected chi connectivity index (χ4v) is 4.90. The van der Waals surface area contributed by atoms with E-state index in [1.807, 2.05) is 30.3 Å². The molecule has 152 valence electrons. The molecule has 1 aromatic carbocycles. The molecule has 1 atom stereocenters. The van der Waals surface area contributed by atoms with Crippen LogP contribution in [0.2, 0.25) is 0 Å². The number of carbonyl (C=O) groups is 1. The minimum atomic E-state index is -4.64. The van der Waals surface area contributed by atoms with Gasteiger partial charge in [0, 0.05) is 11.1 Å². The Morgan fingerprint density at radius 3 is 2.29 bits per heavy atom. The number of hydrogen-bond donors (Lipinski definition) is 1. The number of sulfone groups is 1. The molecule has 0 aliphatic rings. The Morgan fingerprint density at radius 2 is 1.79 bits per heavy atom. The molecule has 1 amide bonds. The maximum atomic E-state index is 12.9. The van der Waals surface area contributed by atoms with E-state index in [0.29, 0.717) is 24.4 Å². The molecule has 0 spiro atoms. The van der Waals surface area contributed by atoms with E-state index >= 15 is 0 Å². The van der Waals surface area contributed by atoms with E-state index in [1.165, 1.54) is 18.7 Å². The third kappa shape index (κ3) is 4.85. The van der Waals surface area contributed by atoms with E-state index in [1.54, 1.807) is 0 Å². The molecule has 1 aromatic heterocycles. The van der Waals surface area contributed by atoms with Crippen molar-refractivity contribution in [2.75, 3.05) is 5.75 Å². The van der Waals surface area contributed by atoms with Crippen molar-refractivity contribution in [1.82, 2.24) is 4.98 Å². The van der Waals surface area contributed by atoms with E-state index in [0.717, 1.165) is 11.0 Å². The van der Waals surface area contributed by atoms with Crippen LogP contribution in [0.4, 0.5) is 13.2 Å². The Balaban J connectivity index is 2.16. The van der Waals surface area contributed by atoms with Gasteiger partial charge in [-0.15, -0.1) is 11.8 Å². The number of benzene rings is 1. The number of nitrogens with two attached hydrogens (primary N) is 1. The SMILES string of the molecule is CC(CCCSc1ccccc1)(C(N)=O)S(=O)(=O)c1ccc(C(F)(F)F)cn1. The van der Waals surface area contributed by atoms with E-state index < -0.39 is 37.3 Å². The molecule has 0 saturated carbocycles. The molecule has 0 aliphatic heterocycles. The molecule has 10 heteroatoms. The molecule has 0 saturated heterocycles. The number of halogens is 3. The number of nitrogens with zero attached hydrogens (tertiary/aromatic N) is 1. The standard InChI is InChI=1S/C18H19F3N2O3S2/c1-17(16(22)24,10-5-11-27-14-6-3-2-4-7-14)28(25,26)15-9-8-13(12-23-15)18(19,20)21/h2-4,6-9,12H,5,10-11H2,1H3,(H2,22,24). The molecule has 0 fully saturated rings. The molecule has 0 radical (unpaired) electrons. The summed E-state index contributed by atoms with van der Waals surface area (Å²) in [6.45, 7) is 1.18. The van der Waals surface area contributed by atoms with Crippen molar-refractivity contribution in [2.24, 2.45) is 5.73 Å². The molecule has 0 bridgehead atoms. The van der Waals surface area contributed by atoms with E-state index in [9.17, 15) is 26.4 Å². The number of primary amides is 1. The molecule has 0 aliphatic carbocycles. The summed E-state index contributed by atoms with van der Waals surface area (Å²) in [4.78, 5) is 16.4. The average Bonchev–Trinajstić information content (AvgIpc) is 2.65.